The molecule has 0 aliphatic carbocycles. The summed E-state index contributed by atoms with van der Waals surface area (Å²) in [6.45, 7) is 9.47. The molecule has 3 aromatic rings. The molecular formula is C36H52N6O8. The van der Waals surface area contributed by atoms with Crippen LogP contribution in [0.3, 0.4) is 0 Å². The Morgan fingerprint density at radius 1 is 0.520 bits per heavy atom. The van der Waals surface area contributed by atoms with Gasteiger partial charge >= 0.3 is 11.9 Å². The third kappa shape index (κ3) is 17.7. The van der Waals surface area contributed by atoms with Gasteiger partial charge in [0.05, 0.1) is 64.0 Å². The number of rotatable bonds is 28. The molecule has 1 aromatic carbocycles. The van der Waals surface area contributed by atoms with E-state index in [-0.39, 0.29) is 13.2 Å². The molecule has 0 aliphatic heterocycles. The molecule has 0 aliphatic rings. The summed E-state index contributed by atoms with van der Waals surface area (Å²) in [4.78, 5) is 36.1. The molecule has 4 N–H and O–H groups in total. The predicted octanol–water partition coefficient (Wildman–Crippen LogP) is 1.78. The molecular weight excluding hydrogens is 644 g/mol. The third-order valence-corrected chi connectivity index (χ3v) is 7.29. The summed E-state index contributed by atoms with van der Waals surface area (Å²) in [5, 5.41) is 0. The fraction of sp³-hybridized carbons (Fsp3) is 0.500. The molecule has 274 valence electrons. The van der Waals surface area contributed by atoms with Gasteiger partial charge in [-0.1, -0.05) is 24.3 Å². The number of hydrogen-bond acceptors (Lipinski definition) is 14. The number of carbonyl (C=O) groups is 2. The molecule has 0 bridgehead atoms. The van der Waals surface area contributed by atoms with Crippen LogP contribution in [0.2, 0.25) is 0 Å². The minimum atomic E-state index is -0.417. The highest BCUT2D eigenvalue weighted by Gasteiger charge is 2.10. The fourth-order valence-electron chi connectivity index (χ4n) is 4.72. The first kappa shape index (κ1) is 40.6. The second-order valence-corrected chi connectivity index (χ2v) is 11.2. The van der Waals surface area contributed by atoms with Gasteiger partial charge < -0.3 is 39.9 Å². The van der Waals surface area contributed by atoms with Crippen molar-refractivity contribution in [1.29, 1.82) is 0 Å². The Labute approximate surface area is 294 Å². The molecule has 14 nitrogen and oxygen atoms in total. The Morgan fingerprint density at radius 3 is 1.26 bits per heavy atom. The summed E-state index contributed by atoms with van der Waals surface area (Å²) >= 11 is 0. The number of hydrogen-bond donors (Lipinski definition) is 2. The van der Waals surface area contributed by atoms with Gasteiger partial charge in [0.1, 0.15) is 13.2 Å². The van der Waals surface area contributed by atoms with Gasteiger partial charge in [0, 0.05) is 77.1 Å². The van der Waals surface area contributed by atoms with E-state index in [1.807, 2.05) is 0 Å². The first-order chi connectivity index (χ1) is 24.6. The lowest BCUT2D eigenvalue weighted by Crippen LogP contribution is -2.33. The van der Waals surface area contributed by atoms with Crippen LogP contribution >= 0.6 is 0 Å². The van der Waals surface area contributed by atoms with E-state index in [1.54, 1.807) is 36.7 Å². The fourth-order valence-corrected chi connectivity index (χ4v) is 4.72. The quantitative estimate of drug-likeness (QED) is 0.0831. The molecule has 0 spiro atoms. The molecule has 0 radical (unpaired) electrons. The monoisotopic (exact) mass is 696 g/mol. The zero-order valence-corrected chi connectivity index (χ0v) is 28.9. The highest BCUT2D eigenvalue weighted by atomic mass is 16.6. The van der Waals surface area contributed by atoms with E-state index in [9.17, 15) is 9.59 Å². The van der Waals surface area contributed by atoms with E-state index >= 15 is 0 Å². The number of benzene rings is 1. The number of nitrogens with two attached hydrogens (primary N) is 2. The van der Waals surface area contributed by atoms with Gasteiger partial charge in [0.2, 0.25) is 0 Å². The molecule has 0 saturated heterocycles. The van der Waals surface area contributed by atoms with Crippen molar-refractivity contribution in [3.63, 3.8) is 0 Å². The van der Waals surface area contributed by atoms with Crippen LogP contribution in [0.1, 0.15) is 31.8 Å². The highest BCUT2D eigenvalue weighted by molar-refractivity contribution is 5.89. The highest BCUT2D eigenvalue weighted by Crippen LogP contribution is 2.10. The maximum absolute atomic E-state index is 11.9. The van der Waals surface area contributed by atoms with Crippen LogP contribution in [0, 0.1) is 0 Å². The summed E-state index contributed by atoms with van der Waals surface area (Å²) in [5.74, 6) is -0.835. The molecule has 0 saturated carbocycles. The van der Waals surface area contributed by atoms with Crippen LogP contribution in [-0.4, -0.2) is 137 Å². The lowest BCUT2D eigenvalue weighted by molar-refractivity contribution is 0.0111. The lowest BCUT2D eigenvalue weighted by Gasteiger charge is -2.23. The Bertz CT molecular complexity index is 1210. The van der Waals surface area contributed by atoms with Gasteiger partial charge in [-0.05, 0) is 35.4 Å². The zero-order chi connectivity index (χ0) is 35.5. The van der Waals surface area contributed by atoms with Crippen LogP contribution in [0.5, 0.6) is 0 Å². The second kappa shape index (κ2) is 26.0. The molecule has 0 fully saturated rings. The number of nitrogens with zero attached hydrogens (tertiary/aromatic N) is 4. The smallest absolute Gasteiger partial charge is 0.339 e. The van der Waals surface area contributed by atoms with Crippen LogP contribution in [-0.2, 0) is 41.5 Å². The summed E-state index contributed by atoms with van der Waals surface area (Å²) in [6.07, 6.45) is 6.14. The van der Waals surface area contributed by atoms with E-state index in [2.05, 4.69) is 44.0 Å². The topological polar surface area (TPSA) is 174 Å². The first-order valence-corrected chi connectivity index (χ1v) is 17.0. The van der Waals surface area contributed by atoms with Crippen LogP contribution in [0.25, 0.3) is 0 Å². The summed E-state index contributed by atoms with van der Waals surface area (Å²) < 4.78 is 32.8. The number of carbonyl (C=O) groups excluding carboxylic acids is 2. The van der Waals surface area contributed by atoms with Crippen molar-refractivity contribution in [2.45, 2.75) is 13.1 Å². The van der Waals surface area contributed by atoms with E-state index in [4.69, 9.17) is 39.9 Å². The minimum absolute atomic E-state index is 0.171. The molecule has 0 atom stereocenters. The van der Waals surface area contributed by atoms with Crippen molar-refractivity contribution >= 4 is 11.9 Å². The molecule has 2 heterocycles. The summed E-state index contributed by atoms with van der Waals surface area (Å²) in [6, 6.07) is 15.3. The third-order valence-electron chi connectivity index (χ3n) is 7.29. The van der Waals surface area contributed by atoms with E-state index in [1.165, 1.54) is 23.5 Å². The Balaban J connectivity index is 1.22. The van der Waals surface area contributed by atoms with E-state index in [0.717, 1.165) is 39.3 Å². The van der Waals surface area contributed by atoms with Gasteiger partial charge in [0.15, 0.2) is 0 Å². The van der Waals surface area contributed by atoms with Crippen LogP contribution in [0.15, 0.2) is 73.3 Å². The molecule has 0 unspecified atom stereocenters. The van der Waals surface area contributed by atoms with Gasteiger partial charge in [-0.3, -0.25) is 19.8 Å². The maximum atomic E-state index is 11.9. The number of pyridine rings is 2. The van der Waals surface area contributed by atoms with Crippen molar-refractivity contribution in [3.05, 3.63) is 95.6 Å². The lowest BCUT2D eigenvalue weighted by atomic mass is 10.1. The Morgan fingerprint density at radius 2 is 0.900 bits per heavy atom. The second-order valence-electron chi connectivity index (χ2n) is 11.2. The normalized spacial score (nSPS) is 11.3. The average molecular weight is 697 g/mol. The van der Waals surface area contributed by atoms with Gasteiger partial charge in [-0.15, -0.1) is 0 Å². The largest absolute Gasteiger partial charge is 0.460 e. The predicted molar refractivity (Wildman–Crippen MR) is 187 cm³/mol. The maximum Gasteiger partial charge on any atom is 0.339 e. The molecule has 0 amide bonds. The SMILES string of the molecule is NCCN(CCOCCOCCOC(=O)c1cccnc1)Cc1ccc(CN(CCN)CCOCCOCCOC(=O)c2cccnc2)cc1. The molecule has 2 aromatic heterocycles. The van der Waals surface area contributed by atoms with E-state index < -0.39 is 11.9 Å². The van der Waals surface area contributed by atoms with Crippen molar-refractivity contribution in [1.82, 2.24) is 19.8 Å². The minimum Gasteiger partial charge on any atom is -0.460 e. The molecule has 50 heavy (non-hydrogen) atoms. The zero-order valence-electron chi connectivity index (χ0n) is 28.9. The van der Waals surface area contributed by atoms with Gasteiger partial charge in [-0.25, -0.2) is 9.59 Å². The Kier molecular flexibility index (Phi) is 21.1. The van der Waals surface area contributed by atoms with Gasteiger partial charge in [0.25, 0.3) is 0 Å². The van der Waals surface area contributed by atoms with Gasteiger partial charge in [-0.2, -0.15) is 0 Å². The molecule has 14 heteroatoms. The number of esters is 2. The summed E-state index contributed by atoms with van der Waals surface area (Å²) in [5.41, 5.74) is 15.0. The first-order valence-electron chi connectivity index (χ1n) is 17.0. The van der Waals surface area contributed by atoms with Crippen molar-refractivity contribution in [2.75, 3.05) is 105 Å². The molecule has 3 rings (SSSR count). The summed E-state index contributed by atoms with van der Waals surface area (Å²) in [7, 11) is 0. The van der Waals surface area contributed by atoms with Crippen LogP contribution < -0.4 is 11.5 Å². The van der Waals surface area contributed by atoms with E-state index in [0.29, 0.717) is 77.1 Å². The van der Waals surface area contributed by atoms with Crippen molar-refractivity contribution in [2.24, 2.45) is 11.5 Å². The number of ether oxygens (including phenoxy) is 6. The average Bonchev–Trinajstić information content (AvgIpc) is 3.14. The van der Waals surface area contributed by atoms with Crippen LogP contribution in [0.4, 0.5) is 0 Å². The van der Waals surface area contributed by atoms with Crippen molar-refractivity contribution in [3.8, 4) is 0 Å². The number of aromatic nitrogens is 2. The standard InChI is InChI=1S/C36H52N6O8/c37-9-13-41(15-17-45-19-21-47-23-25-49-35(43)33-3-1-11-39-27-33)29-31-5-7-32(8-6-31)30-42(14-10-38)16-18-46-20-22-48-24-26-50-36(44)34-4-2-12-40-28-34/h1-8,11-12,27-28H,9-10,13-26,29-30,37-38H2. The Hall–Kier alpha value is -3.86. The van der Waals surface area contributed by atoms with Crippen molar-refractivity contribution < 1.29 is 38.0 Å².